The fraction of sp³-hybridized carbons (Fsp3) is 1.00. The molecule has 112 valence electrons. The van der Waals surface area contributed by atoms with Gasteiger partial charge in [0.1, 0.15) is 0 Å². The van der Waals surface area contributed by atoms with E-state index in [0.29, 0.717) is 0 Å². The fourth-order valence-electron chi connectivity index (χ4n) is 4.01. The summed E-state index contributed by atoms with van der Waals surface area (Å²) in [6.45, 7) is 8.50. The summed E-state index contributed by atoms with van der Waals surface area (Å²) in [6.07, 6.45) is 12.8. The van der Waals surface area contributed by atoms with Crippen molar-refractivity contribution >= 4 is 0 Å². The molecular weight excluding hydrogens is 232 g/mol. The maximum atomic E-state index is 3.79. The molecule has 2 aliphatic rings. The summed E-state index contributed by atoms with van der Waals surface area (Å²) >= 11 is 0. The summed E-state index contributed by atoms with van der Waals surface area (Å²) in [5, 5.41) is 3.79. The van der Waals surface area contributed by atoms with E-state index in [2.05, 4.69) is 24.1 Å². The van der Waals surface area contributed by atoms with Gasteiger partial charge in [0.2, 0.25) is 0 Å². The van der Waals surface area contributed by atoms with E-state index in [1.165, 1.54) is 77.4 Å². The van der Waals surface area contributed by atoms with Crippen LogP contribution in [0.15, 0.2) is 0 Å². The molecule has 1 heterocycles. The molecule has 2 nitrogen and oxygen atoms in total. The summed E-state index contributed by atoms with van der Waals surface area (Å²) in [4.78, 5) is 2.84. The summed E-state index contributed by atoms with van der Waals surface area (Å²) in [7, 11) is 0. The standard InChI is InChI=1S/C17H34N2/c1-3-5-8-15-12-16(18-11-4-2)14-19(13-15)17-9-6-7-10-17/h15-18H,3-14H2,1-2H3. The Morgan fingerprint density at radius 3 is 2.53 bits per heavy atom. The topological polar surface area (TPSA) is 15.3 Å². The third kappa shape index (κ3) is 4.75. The lowest BCUT2D eigenvalue weighted by atomic mass is 9.88. The first-order valence-corrected chi connectivity index (χ1v) is 8.80. The van der Waals surface area contributed by atoms with Gasteiger partial charge in [0, 0.05) is 25.2 Å². The number of unbranched alkanes of at least 4 members (excludes halogenated alkanes) is 1. The van der Waals surface area contributed by atoms with Crippen molar-refractivity contribution < 1.29 is 0 Å². The zero-order chi connectivity index (χ0) is 13.5. The first kappa shape index (κ1) is 15.3. The quantitative estimate of drug-likeness (QED) is 0.754. The maximum absolute atomic E-state index is 3.79. The molecule has 2 rings (SSSR count). The van der Waals surface area contributed by atoms with Crippen LogP contribution in [-0.4, -0.2) is 36.6 Å². The van der Waals surface area contributed by atoms with Crippen LogP contribution in [0, 0.1) is 5.92 Å². The highest BCUT2D eigenvalue weighted by molar-refractivity contribution is 4.88. The monoisotopic (exact) mass is 266 g/mol. The minimum absolute atomic E-state index is 0.760. The molecule has 0 aromatic carbocycles. The van der Waals surface area contributed by atoms with Crippen molar-refractivity contribution in [3.63, 3.8) is 0 Å². The Kier molecular flexibility index (Phi) is 6.66. The predicted molar refractivity (Wildman–Crippen MR) is 83.5 cm³/mol. The van der Waals surface area contributed by atoms with Crippen LogP contribution >= 0.6 is 0 Å². The van der Waals surface area contributed by atoms with Crippen LogP contribution in [0.2, 0.25) is 0 Å². The molecule has 0 aromatic rings. The van der Waals surface area contributed by atoms with Crippen molar-refractivity contribution in [2.45, 2.75) is 83.7 Å². The number of rotatable bonds is 7. The second kappa shape index (κ2) is 8.26. The van der Waals surface area contributed by atoms with E-state index < -0.39 is 0 Å². The molecule has 2 unspecified atom stereocenters. The average Bonchev–Trinajstić information content (AvgIpc) is 2.97. The van der Waals surface area contributed by atoms with E-state index in [4.69, 9.17) is 0 Å². The lowest BCUT2D eigenvalue weighted by Gasteiger charge is -2.41. The minimum atomic E-state index is 0.760. The van der Waals surface area contributed by atoms with Crippen LogP contribution < -0.4 is 5.32 Å². The fourth-order valence-corrected chi connectivity index (χ4v) is 4.01. The van der Waals surface area contributed by atoms with E-state index in [-0.39, 0.29) is 0 Å². The van der Waals surface area contributed by atoms with E-state index >= 15 is 0 Å². The van der Waals surface area contributed by atoms with Crippen LogP contribution in [0.3, 0.4) is 0 Å². The van der Waals surface area contributed by atoms with Gasteiger partial charge in [-0.25, -0.2) is 0 Å². The van der Waals surface area contributed by atoms with Gasteiger partial charge in [-0.05, 0) is 44.6 Å². The van der Waals surface area contributed by atoms with Gasteiger partial charge < -0.3 is 5.32 Å². The highest BCUT2D eigenvalue weighted by atomic mass is 15.2. The molecule has 2 fully saturated rings. The Balaban J connectivity index is 1.86. The number of hydrogen-bond donors (Lipinski definition) is 1. The Bertz CT molecular complexity index is 219. The van der Waals surface area contributed by atoms with Crippen LogP contribution in [0.1, 0.15) is 71.6 Å². The molecule has 1 aliphatic carbocycles. The number of hydrogen-bond acceptors (Lipinski definition) is 2. The minimum Gasteiger partial charge on any atom is -0.313 e. The van der Waals surface area contributed by atoms with Gasteiger partial charge in [-0.2, -0.15) is 0 Å². The third-order valence-corrected chi connectivity index (χ3v) is 5.06. The Labute approximate surface area is 120 Å². The van der Waals surface area contributed by atoms with Crippen molar-refractivity contribution in [1.29, 1.82) is 0 Å². The largest absolute Gasteiger partial charge is 0.313 e. The summed E-state index contributed by atoms with van der Waals surface area (Å²) in [6, 6.07) is 1.67. The number of piperidine rings is 1. The number of nitrogens with one attached hydrogen (secondary N) is 1. The van der Waals surface area contributed by atoms with Crippen molar-refractivity contribution in [3.8, 4) is 0 Å². The van der Waals surface area contributed by atoms with Crippen LogP contribution in [-0.2, 0) is 0 Å². The lowest BCUT2D eigenvalue weighted by molar-refractivity contribution is 0.0945. The van der Waals surface area contributed by atoms with E-state index in [1.54, 1.807) is 0 Å². The summed E-state index contributed by atoms with van der Waals surface area (Å²) in [5.41, 5.74) is 0. The number of nitrogens with zero attached hydrogens (tertiary/aromatic N) is 1. The first-order valence-electron chi connectivity index (χ1n) is 8.80. The van der Waals surface area contributed by atoms with Gasteiger partial charge in [-0.15, -0.1) is 0 Å². The summed E-state index contributed by atoms with van der Waals surface area (Å²) in [5.74, 6) is 0.948. The van der Waals surface area contributed by atoms with Gasteiger partial charge in [0.05, 0.1) is 0 Å². The van der Waals surface area contributed by atoms with Crippen LogP contribution in [0.25, 0.3) is 0 Å². The molecule has 1 saturated heterocycles. The predicted octanol–water partition coefficient (Wildman–Crippen LogP) is 3.81. The molecule has 0 bridgehead atoms. The molecule has 1 aliphatic heterocycles. The Morgan fingerprint density at radius 2 is 1.84 bits per heavy atom. The maximum Gasteiger partial charge on any atom is 0.0198 e. The zero-order valence-corrected chi connectivity index (χ0v) is 13.2. The third-order valence-electron chi connectivity index (χ3n) is 5.06. The average molecular weight is 266 g/mol. The first-order chi connectivity index (χ1) is 9.33. The smallest absolute Gasteiger partial charge is 0.0198 e. The normalized spacial score (nSPS) is 30.0. The van der Waals surface area contributed by atoms with E-state index in [0.717, 1.165) is 18.0 Å². The molecular formula is C17H34N2. The molecule has 1 saturated carbocycles. The van der Waals surface area contributed by atoms with E-state index in [9.17, 15) is 0 Å². The highest BCUT2D eigenvalue weighted by Gasteiger charge is 2.31. The molecule has 0 spiro atoms. The Hall–Kier alpha value is -0.0800. The van der Waals surface area contributed by atoms with Gasteiger partial charge in [-0.1, -0.05) is 39.5 Å². The van der Waals surface area contributed by atoms with Crippen molar-refractivity contribution in [2.75, 3.05) is 19.6 Å². The molecule has 0 aromatic heterocycles. The second-order valence-corrected chi connectivity index (χ2v) is 6.79. The molecule has 0 radical (unpaired) electrons. The van der Waals surface area contributed by atoms with Gasteiger partial charge in [0.25, 0.3) is 0 Å². The Morgan fingerprint density at radius 1 is 1.05 bits per heavy atom. The van der Waals surface area contributed by atoms with Crippen molar-refractivity contribution in [2.24, 2.45) is 5.92 Å². The van der Waals surface area contributed by atoms with Crippen LogP contribution in [0.5, 0.6) is 0 Å². The summed E-state index contributed by atoms with van der Waals surface area (Å²) < 4.78 is 0. The second-order valence-electron chi connectivity index (χ2n) is 6.79. The van der Waals surface area contributed by atoms with E-state index in [1.807, 2.05) is 0 Å². The van der Waals surface area contributed by atoms with Gasteiger partial charge in [0.15, 0.2) is 0 Å². The lowest BCUT2D eigenvalue weighted by Crippen LogP contribution is -2.52. The van der Waals surface area contributed by atoms with Crippen LogP contribution in [0.4, 0.5) is 0 Å². The molecule has 1 N–H and O–H groups in total. The highest BCUT2D eigenvalue weighted by Crippen LogP contribution is 2.29. The van der Waals surface area contributed by atoms with Gasteiger partial charge in [-0.3, -0.25) is 4.90 Å². The number of likely N-dealkylation sites (tertiary alicyclic amines) is 1. The molecule has 2 atom stereocenters. The van der Waals surface area contributed by atoms with Crippen molar-refractivity contribution in [1.82, 2.24) is 10.2 Å². The molecule has 0 amide bonds. The SMILES string of the molecule is CCCCC1CC(NCCC)CN(C2CCCC2)C1. The molecule has 19 heavy (non-hydrogen) atoms. The zero-order valence-electron chi connectivity index (χ0n) is 13.2. The molecule has 2 heteroatoms. The van der Waals surface area contributed by atoms with Crippen molar-refractivity contribution in [3.05, 3.63) is 0 Å². The van der Waals surface area contributed by atoms with Gasteiger partial charge >= 0.3 is 0 Å².